The summed E-state index contributed by atoms with van der Waals surface area (Å²) in [6.07, 6.45) is 0.578. The van der Waals surface area contributed by atoms with Crippen molar-refractivity contribution in [3.05, 3.63) is 28.6 Å². The van der Waals surface area contributed by atoms with Gasteiger partial charge in [0.05, 0.1) is 0 Å². The van der Waals surface area contributed by atoms with Gasteiger partial charge in [-0.1, -0.05) is 5.18 Å². The average Bonchev–Trinajstić information content (AvgIpc) is 2.37. The van der Waals surface area contributed by atoms with E-state index >= 15 is 0 Å². The van der Waals surface area contributed by atoms with Crippen LogP contribution in [-0.4, -0.2) is 6.29 Å². The molecule has 0 fully saturated rings. The normalized spacial score (nSPS) is 9.20. The second-order valence-electron chi connectivity index (χ2n) is 1.71. The summed E-state index contributed by atoms with van der Waals surface area (Å²) < 4.78 is 4.81. The van der Waals surface area contributed by atoms with Crippen molar-refractivity contribution in [1.29, 1.82) is 0 Å². The number of aldehydes is 1. The van der Waals surface area contributed by atoms with Crippen LogP contribution in [0.1, 0.15) is 16.3 Å². The highest BCUT2D eigenvalue weighted by atomic mass is 16.3. The summed E-state index contributed by atoms with van der Waals surface area (Å²) in [5, 5.41) is 2.59. The van der Waals surface area contributed by atoms with Crippen molar-refractivity contribution in [3.63, 3.8) is 0 Å². The van der Waals surface area contributed by atoms with Gasteiger partial charge in [-0.05, 0) is 12.1 Å². The van der Waals surface area contributed by atoms with E-state index in [-0.39, 0.29) is 12.3 Å². The molecule has 0 unspecified atom stereocenters. The lowest BCUT2D eigenvalue weighted by Crippen LogP contribution is -1.72. The highest BCUT2D eigenvalue weighted by molar-refractivity contribution is 5.70. The summed E-state index contributed by atoms with van der Waals surface area (Å²) in [6.45, 7) is -0.0200. The molecule has 10 heavy (non-hydrogen) atoms. The quantitative estimate of drug-likeness (QED) is 0.469. The molecule has 4 heteroatoms. The lowest BCUT2D eigenvalue weighted by Gasteiger charge is -1.81. The molecule has 0 radical (unpaired) electrons. The van der Waals surface area contributed by atoms with Gasteiger partial charge in [0.2, 0.25) is 0 Å². The van der Waals surface area contributed by atoms with E-state index < -0.39 is 0 Å². The van der Waals surface area contributed by atoms with Gasteiger partial charge < -0.3 is 4.42 Å². The predicted octanol–water partition coefficient (Wildman–Crippen LogP) is 1.36. The van der Waals surface area contributed by atoms with Gasteiger partial charge in [-0.2, -0.15) is 4.91 Å². The maximum atomic E-state index is 10.0. The van der Waals surface area contributed by atoms with Gasteiger partial charge in [0.25, 0.3) is 0 Å². The number of furan rings is 1. The van der Waals surface area contributed by atoms with E-state index in [1.807, 2.05) is 0 Å². The van der Waals surface area contributed by atoms with E-state index in [4.69, 9.17) is 4.42 Å². The number of carbonyl (C=O) groups excluding carboxylic acids is 1. The third-order valence-corrected chi connectivity index (χ3v) is 1.02. The SMILES string of the molecule is O=Cc1ccc(CN=O)o1. The van der Waals surface area contributed by atoms with Crippen LogP contribution in [0.2, 0.25) is 0 Å². The topological polar surface area (TPSA) is 59.6 Å². The summed E-state index contributed by atoms with van der Waals surface area (Å²) in [5.41, 5.74) is 0. The molecule has 0 aromatic carbocycles. The molecular weight excluding hydrogens is 134 g/mol. The van der Waals surface area contributed by atoms with Crippen molar-refractivity contribution in [1.82, 2.24) is 0 Å². The molecule has 1 aromatic rings. The van der Waals surface area contributed by atoms with E-state index in [0.29, 0.717) is 12.0 Å². The molecule has 0 saturated heterocycles. The molecule has 0 bridgehead atoms. The number of rotatable bonds is 3. The molecule has 0 N–H and O–H groups in total. The molecule has 0 aliphatic rings. The second kappa shape index (κ2) is 2.91. The van der Waals surface area contributed by atoms with Gasteiger partial charge in [-0.25, -0.2) is 0 Å². The Labute approximate surface area is 56.8 Å². The Morgan fingerprint density at radius 1 is 1.60 bits per heavy atom. The Kier molecular flexibility index (Phi) is 1.94. The predicted molar refractivity (Wildman–Crippen MR) is 33.6 cm³/mol. The zero-order valence-corrected chi connectivity index (χ0v) is 5.11. The zero-order valence-electron chi connectivity index (χ0n) is 5.11. The van der Waals surface area contributed by atoms with Crippen molar-refractivity contribution >= 4 is 6.29 Å². The molecule has 0 spiro atoms. The minimum atomic E-state index is -0.0200. The second-order valence-corrected chi connectivity index (χ2v) is 1.71. The number of nitroso groups, excluding NO2 is 1. The molecule has 4 nitrogen and oxygen atoms in total. The minimum absolute atomic E-state index is 0.0200. The van der Waals surface area contributed by atoms with Crippen molar-refractivity contribution in [2.24, 2.45) is 5.18 Å². The highest BCUT2D eigenvalue weighted by Crippen LogP contribution is 2.05. The van der Waals surface area contributed by atoms with E-state index in [1.54, 1.807) is 6.07 Å². The summed E-state index contributed by atoms with van der Waals surface area (Å²) in [4.78, 5) is 19.7. The molecule has 0 atom stereocenters. The molecule has 0 aliphatic carbocycles. The Bertz CT molecular complexity index is 241. The fraction of sp³-hybridized carbons (Fsp3) is 0.167. The maximum absolute atomic E-state index is 10.0. The smallest absolute Gasteiger partial charge is 0.185 e. The van der Waals surface area contributed by atoms with E-state index in [1.165, 1.54) is 6.07 Å². The third kappa shape index (κ3) is 1.28. The molecule has 1 aromatic heterocycles. The molecule has 0 saturated carbocycles. The van der Waals surface area contributed by atoms with Crippen molar-refractivity contribution in [2.45, 2.75) is 6.54 Å². The first-order chi connectivity index (χ1) is 4.86. The standard InChI is InChI=1S/C6H5NO3/c8-4-6-2-1-5(10-6)3-7-9/h1-2,4H,3H2. The lowest BCUT2D eigenvalue weighted by molar-refractivity contribution is 0.109. The van der Waals surface area contributed by atoms with E-state index in [9.17, 15) is 9.70 Å². The van der Waals surface area contributed by atoms with Crippen LogP contribution in [0.4, 0.5) is 0 Å². The summed E-state index contributed by atoms with van der Waals surface area (Å²) in [6, 6.07) is 3.04. The fourth-order valence-corrected chi connectivity index (χ4v) is 0.606. The summed E-state index contributed by atoms with van der Waals surface area (Å²) >= 11 is 0. The Balaban J connectivity index is 2.77. The summed E-state index contributed by atoms with van der Waals surface area (Å²) in [5.74, 6) is 0.635. The van der Waals surface area contributed by atoms with Gasteiger partial charge in [0.15, 0.2) is 12.0 Å². The largest absolute Gasteiger partial charge is 0.456 e. The number of carbonyl (C=O) groups is 1. The van der Waals surface area contributed by atoms with E-state index in [2.05, 4.69) is 5.18 Å². The molecule has 0 amide bonds. The molecule has 0 aliphatic heterocycles. The summed E-state index contributed by atoms with van der Waals surface area (Å²) in [7, 11) is 0. The van der Waals surface area contributed by atoms with Crippen LogP contribution < -0.4 is 0 Å². The van der Waals surface area contributed by atoms with Crippen LogP contribution >= 0.6 is 0 Å². The van der Waals surface area contributed by atoms with Crippen LogP contribution in [0.15, 0.2) is 21.7 Å². The third-order valence-electron chi connectivity index (χ3n) is 1.02. The van der Waals surface area contributed by atoms with Crippen LogP contribution in [0.5, 0.6) is 0 Å². The molecule has 1 rings (SSSR count). The van der Waals surface area contributed by atoms with Gasteiger partial charge in [-0.15, -0.1) is 0 Å². The monoisotopic (exact) mass is 139 g/mol. The van der Waals surface area contributed by atoms with Gasteiger partial charge in [0.1, 0.15) is 12.3 Å². The first-order valence-electron chi connectivity index (χ1n) is 2.70. The van der Waals surface area contributed by atoms with Crippen molar-refractivity contribution in [2.75, 3.05) is 0 Å². The minimum Gasteiger partial charge on any atom is -0.456 e. The Morgan fingerprint density at radius 3 is 2.90 bits per heavy atom. The van der Waals surface area contributed by atoms with Gasteiger partial charge in [0, 0.05) is 0 Å². The number of nitrogens with zero attached hydrogens (tertiary/aromatic N) is 1. The molecule has 1 heterocycles. The Morgan fingerprint density at radius 2 is 2.40 bits per heavy atom. The number of hydrogen-bond donors (Lipinski definition) is 0. The van der Waals surface area contributed by atoms with Crippen LogP contribution in [0.25, 0.3) is 0 Å². The first kappa shape index (κ1) is 6.67. The van der Waals surface area contributed by atoms with Gasteiger partial charge in [-0.3, -0.25) is 4.79 Å². The average molecular weight is 139 g/mol. The van der Waals surface area contributed by atoms with E-state index in [0.717, 1.165) is 0 Å². The van der Waals surface area contributed by atoms with Crippen LogP contribution in [0.3, 0.4) is 0 Å². The van der Waals surface area contributed by atoms with Crippen LogP contribution in [-0.2, 0) is 6.54 Å². The maximum Gasteiger partial charge on any atom is 0.185 e. The molecular formula is C6H5NO3. The van der Waals surface area contributed by atoms with Crippen molar-refractivity contribution < 1.29 is 9.21 Å². The lowest BCUT2D eigenvalue weighted by atomic mass is 10.4. The fourth-order valence-electron chi connectivity index (χ4n) is 0.606. The van der Waals surface area contributed by atoms with Gasteiger partial charge >= 0.3 is 0 Å². The van der Waals surface area contributed by atoms with Crippen LogP contribution in [0, 0.1) is 4.91 Å². The zero-order chi connectivity index (χ0) is 7.40. The number of hydrogen-bond acceptors (Lipinski definition) is 4. The van der Waals surface area contributed by atoms with Crippen molar-refractivity contribution in [3.8, 4) is 0 Å². The Hall–Kier alpha value is -1.45. The highest BCUT2D eigenvalue weighted by Gasteiger charge is 1.98. The first-order valence-corrected chi connectivity index (χ1v) is 2.70. The molecule has 52 valence electrons.